The van der Waals surface area contributed by atoms with Crippen molar-refractivity contribution in [3.8, 4) is 0 Å². The summed E-state index contributed by atoms with van der Waals surface area (Å²) < 4.78 is 0. The van der Waals surface area contributed by atoms with E-state index in [1.54, 1.807) is 0 Å². The van der Waals surface area contributed by atoms with E-state index in [-0.39, 0.29) is 11.6 Å². The van der Waals surface area contributed by atoms with Gasteiger partial charge in [0.1, 0.15) is 0 Å². The van der Waals surface area contributed by atoms with Gasteiger partial charge in [-0.3, -0.25) is 14.9 Å². The Bertz CT molecular complexity index is 474. The van der Waals surface area contributed by atoms with E-state index in [4.69, 9.17) is 16.7 Å². The normalized spacial score (nSPS) is 22.8. The Labute approximate surface area is 95.8 Å². The van der Waals surface area contributed by atoms with E-state index in [9.17, 15) is 14.9 Å². The Morgan fingerprint density at radius 2 is 2.25 bits per heavy atom. The van der Waals surface area contributed by atoms with Gasteiger partial charge >= 0.3 is 5.97 Å². The zero-order valence-electron chi connectivity index (χ0n) is 8.09. The van der Waals surface area contributed by atoms with Gasteiger partial charge < -0.3 is 5.11 Å². The fourth-order valence-electron chi connectivity index (χ4n) is 1.74. The Morgan fingerprint density at radius 3 is 2.75 bits per heavy atom. The molecule has 16 heavy (non-hydrogen) atoms. The van der Waals surface area contributed by atoms with E-state index < -0.39 is 16.8 Å². The minimum Gasteiger partial charge on any atom is -0.481 e. The van der Waals surface area contributed by atoms with Crippen molar-refractivity contribution in [1.29, 1.82) is 0 Å². The summed E-state index contributed by atoms with van der Waals surface area (Å²) in [5, 5.41) is 19.7. The fraction of sp³-hybridized carbons (Fsp3) is 0.300. The molecule has 0 heterocycles. The average Bonchev–Trinajstić information content (AvgIpc) is 2.97. The van der Waals surface area contributed by atoms with Gasteiger partial charge in [-0.05, 0) is 24.0 Å². The molecule has 1 aliphatic rings. The number of aliphatic carboxylic acids is 1. The van der Waals surface area contributed by atoms with Crippen LogP contribution in [0.3, 0.4) is 0 Å². The smallest absolute Gasteiger partial charge is 0.307 e. The summed E-state index contributed by atoms with van der Waals surface area (Å²) in [5.41, 5.74) is 0.499. The van der Waals surface area contributed by atoms with Crippen LogP contribution in [0.25, 0.3) is 0 Å². The van der Waals surface area contributed by atoms with Crippen molar-refractivity contribution in [2.45, 2.75) is 12.3 Å². The first-order valence-corrected chi connectivity index (χ1v) is 5.05. The van der Waals surface area contributed by atoms with Gasteiger partial charge in [0.15, 0.2) is 0 Å². The summed E-state index contributed by atoms with van der Waals surface area (Å²) in [5.74, 6) is -1.53. The van der Waals surface area contributed by atoms with Gasteiger partial charge in [0.2, 0.25) is 0 Å². The van der Waals surface area contributed by atoms with Crippen LogP contribution in [0.15, 0.2) is 18.2 Å². The molecule has 0 radical (unpaired) electrons. The van der Waals surface area contributed by atoms with Crippen molar-refractivity contribution in [2.24, 2.45) is 5.92 Å². The number of nitro groups is 1. The summed E-state index contributed by atoms with van der Waals surface area (Å²) in [6.45, 7) is 0. The molecule has 2 rings (SSSR count). The quantitative estimate of drug-likeness (QED) is 0.651. The van der Waals surface area contributed by atoms with Gasteiger partial charge in [-0.2, -0.15) is 0 Å². The molecule has 1 aromatic carbocycles. The molecule has 2 atom stereocenters. The maximum atomic E-state index is 10.7. The molecule has 6 heteroatoms. The van der Waals surface area contributed by atoms with Crippen LogP contribution < -0.4 is 0 Å². The van der Waals surface area contributed by atoms with E-state index in [0.717, 1.165) is 0 Å². The van der Waals surface area contributed by atoms with E-state index in [0.29, 0.717) is 17.0 Å². The van der Waals surface area contributed by atoms with Crippen molar-refractivity contribution in [1.82, 2.24) is 0 Å². The van der Waals surface area contributed by atoms with Crippen LogP contribution in [0.5, 0.6) is 0 Å². The summed E-state index contributed by atoms with van der Waals surface area (Å²) >= 11 is 5.89. The molecular weight excluding hydrogens is 234 g/mol. The molecule has 1 saturated carbocycles. The zero-order valence-corrected chi connectivity index (χ0v) is 8.85. The van der Waals surface area contributed by atoms with Gasteiger partial charge in [0.05, 0.1) is 10.8 Å². The molecule has 1 aliphatic carbocycles. The number of hydrogen-bond donors (Lipinski definition) is 1. The van der Waals surface area contributed by atoms with Crippen molar-refractivity contribution < 1.29 is 14.8 Å². The van der Waals surface area contributed by atoms with Crippen LogP contribution in [0.1, 0.15) is 17.9 Å². The lowest BCUT2D eigenvalue weighted by Crippen LogP contribution is -1.99. The van der Waals surface area contributed by atoms with E-state index in [1.807, 2.05) is 0 Å². The second-order valence-corrected chi connectivity index (χ2v) is 4.16. The average molecular weight is 242 g/mol. The molecule has 0 aromatic heterocycles. The number of carbonyl (C=O) groups is 1. The van der Waals surface area contributed by atoms with Crippen LogP contribution in [-0.2, 0) is 4.79 Å². The van der Waals surface area contributed by atoms with Gasteiger partial charge in [-0.1, -0.05) is 11.6 Å². The SMILES string of the molecule is O=C(O)[C@@H]1C[C@H]1c1cc([N+](=O)[O-])ccc1Cl. The summed E-state index contributed by atoms with van der Waals surface area (Å²) in [7, 11) is 0. The van der Waals surface area contributed by atoms with Crippen LogP contribution in [0.4, 0.5) is 5.69 Å². The van der Waals surface area contributed by atoms with Gasteiger partial charge in [0, 0.05) is 17.2 Å². The molecule has 0 bridgehead atoms. The molecule has 0 aliphatic heterocycles. The van der Waals surface area contributed by atoms with Crippen LogP contribution in [0, 0.1) is 16.0 Å². The summed E-state index contributed by atoms with van der Waals surface area (Å²) in [4.78, 5) is 20.8. The number of non-ortho nitro benzene ring substituents is 1. The lowest BCUT2D eigenvalue weighted by atomic mass is 10.1. The molecule has 0 saturated heterocycles. The Hall–Kier alpha value is -1.62. The number of carboxylic acid groups (broad SMARTS) is 1. The Kier molecular flexibility index (Phi) is 2.55. The number of hydrogen-bond acceptors (Lipinski definition) is 3. The van der Waals surface area contributed by atoms with Crippen molar-refractivity contribution in [3.63, 3.8) is 0 Å². The van der Waals surface area contributed by atoms with Crippen LogP contribution in [-0.4, -0.2) is 16.0 Å². The second kappa shape index (κ2) is 3.75. The third-order valence-corrected chi connectivity index (χ3v) is 3.04. The first-order chi connectivity index (χ1) is 7.50. The number of nitro benzene ring substituents is 1. The monoisotopic (exact) mass is 241 g/mol. The molecular formula is C10H8ClNO4. The summed E-state index contributed by atoms with van der Waals surface area (Å²) in [6.07, 6.45) is 0.496. The maximum Gasteiger partial charge on any atom is 0.307 e. The molecule has 0 amide bonds. The Morgan fingerprint density at radius 1 is 1.56 bits per heavy atom. The molecule has 1 fully saturated rings. The number of benzene rings is 1. The van der Waals surface area contributed by atoms with E-state index in [1.165, 1.54) is 18.2 Å². The lowest BCUT2D eigenvalue weighted by molar-refractivity contribution is -0.384. The van der Waals surface area contributed by atoms with E-state index in [2.05, 4.69) is 0 Å². The first kappa shape index (κ1) is 10.9. The summed E-state index contributed by atoms with van der Waals surface area (Å²) in [6, 6.07) is 4.10. The molecule has 0 spiro atoms. The van der Waals surface area contributed by atoms with E-state index >= 15 is 0 Å². The molecule has 1 aromatic rings. The minimum absolute atomic E-state index is 0.0598. The molecule has 5 nitrogen and oxygen atoms in total. The third-order valence-electron chi connectivity index (χ3n) is 2.70. The third kappa shape index (κ3) is 1.86. The predicted molar refractivity (Wildman–Crippen MR) is 56.6 cm³/mol. The zero-order chi connectivity index (χ0) is 11.9. The predicted octanol–water partition coefficient (Wildman–Crippen LogP) is 2.44. The number of nitrogens with zero attached hydrogens (tertiary/aromatic N) is 1. The second-order valence-electron chi connectivity index (χ2n) is 3.75. The standard InChI is InChI=1S/C10H8ClNO4/c11-9-2-1-5(12(15)16)3-7(9)6-4-8(6)10(13)14/h1-3,6,8H,4H2,(H,13,14)/t6-,8+/m0/s1. The Balaban J connectivity index is 2.31. The van der Waals surface area contributed by atoms with Gasteiger partial charge in [-0.15, -0.1) is 0 Å². The maximum absolute atomic E-state index is 10.7. The van der Waals surface area contributed by atoms with Crippen molar-refractivity contribution in [2.75, 3.05) is 0 Å². The molecule has 84 valence electrons. The topological polar surface area (TPSA) is 80.4 Å². The number of carboxylic acids is 1. The first-order valence-electron chi connectivity index (χ1n) is 4.67. The fourth-order valence-corrected chi connectivity index (χ4v) is 2.00. The number of rotatable bonds is 3. The lowest BCUT2D eigenvalue weighted by Gasteiger charge is -2.02. The highest BCUT2D eigenvalue weighted by molar-refractivity contribution is 6.31. The highest BCUT2D eigenvalue weighted by Gasteiger charge is 2.45. The number of halogens is 1. The molecule has 1 N–H and O–H groups in total. The van der Waals surface area contributed by atoms with Crippen LogP contribution >= 0.6 is 11.6 Å². The van der Waals surface area contributed by atoms with Crippen molar-refractivity contribution >= 4 is 23.3 Å². The highest BCUT2D eigenvalue weighted by Crippen LogP contribution is 2.50. The van der Waals surface area contributed by atoms with Crippen molar-refractivity contribution in [3.05, 3.63) is 38.9 Å². The molecule has 0 unspecified atom stereocenters. The minimum atomic E-state index is -0.882. The highest BCUT2D eigenvalue weighted by atomic mass is 35.5. The van der Waals surface area contributed by atoms with Gasteiger partial charge in [0.25, 0.3) is 5.69 Å². The largest absolute Gasteiger partial charge is 0.481 e. The van der Waals surface area contributed by atoms with Gasteiger partial charge in [-0.25, -0.2) is 0 Å². The van der Waals surface area contributed by atoms with Crippen LogP contribution in [0.2, 0.25) is 5.02 Å².